The Morgan fingerprint density at radius 1 is 1.37 bits per heavy atom. The summed E-state index contributed by atoms with van der Waals surface area (Å²) in [5, 5.41) is 0. The molecule has 1 rings (SSSR count). The maximum Gasteiger partial charge on any atom is 0.338 e. The van der Waals surface area contributed by atoms with Crippen LogP contribution in [0.5, 0.6) is 5.75 Å². The maximum atomic E-state index is 11.5. The molecule has 5 nitrogen and oxygen atoms in total. The molecule has 0 spiro atoms. The van der Waals surface area contributed by atoms with Crippen molar-refractivity contribution in [3.05, 3.63) is 41.5 Å². The fourth-order valence-corrected chi connectivity index (χ4v) is 1.25. The van der Waals surface area contributed by atoms with Gasteiger partial charge in [-0.15, -0.1) is 0 Å². The van der Waals surface area contributed by atoms with E-state index in [4.69, 9.17) is 9.47 Å². The summed E-state index contributed by atoms with van der Waals surface area (Å²) >= 11 is 0. The largest absolute Gasteiger partial charge is 0.462 e. The van der Waals surface area contributed by atoms with Crippen molar-refractivity contribution in [3.8, 4) is 5.75 Å². The molecule has 5 heteroatoms. The smallest absolute Gasteiger partial charge is 0.338 e. The Balaban J connectivity index is 3.09. The Morgan fingerprint density at radius 3 is 2.58 bits per heavy atom. The molecule has 0 N–H and O–H groups in total. The van der Waals surface area contributed by atoms with Crippen molar-refractivity contribution in [1.29, 1.82) is 0 Å². The Morgan fingerprint density at radius 2 is 2.05 bits per heavy atom. The van der Waals surface area contributed by atoms with Crippen molar-refractivity contribution in [2.45, 2.75) is 13.8 Å². The maximum absolute atomic E-state index is 11.5. The number of ether oxygens (including phenoxy) is 2. The van der Waals surface area contributed by atoms with Gasteiger partial charge in [0.2, 0.25) is 0 Å². The van der Waals surface area contributed by atoms with Crippen LogP contribution in [-0.4, -0.2) is 24.8 Å². The van der Waals surface area contributed by atoms with Crippen molar-refractivity contribution in [2.24, 2.45) is 0 Å². The minimum atomic E-state index is -0.663. The first kappa shape index (κ1) is 14.6. The molecule has 1 aromatic carbocycles. The van der Waals surface area contributed by atoms with Crippen LogP contribution >= 0.6 is 0 Å². The molecule has 0 fully saturated rings. The molecule has 0 unspecified atom stereocenters. The van der Waals surface area contributed by atoms with Gasteiger partial charge in [-0.3, -0.25) is 4.79 Å². The lowest BCUT2D eigenvalue weighted by molar-refractivity contribution is -0.130. The van der Waals surface area contributed by atoms with E-state index < -0.39 is 11.9 Å². The van der Waals surface area contributed by atoms with Gasteiger partial charge in [0.05, 0.1) is 17.7 Å². The molecule has 0 saturated heterocycles. The van der Waals surface area contributed by atoms with E-state index in [9.17, 15) is 14.4 Å². The van der Waals surface area contributed by atoms with Gasteiger partial charge in [-0.1, -0.05) is 6.58 Å². The molecule has 100 valence electrons. The molecule has 0 heterocycles. The van der Waals surface area contributed by atoms with E-state index in [1.807, 2.05) is 0 Å². The summed E-state index contributed by atoms with van der Waals surface area (Å²) in [6.07, 6.45) is 0.538. The minimum Gasteiger partial charge on any atom is -0.462 e. The van der Waals surface area contributed by atoms with Crippen molar-refractivity contribution in [3.63, 3.8) is 0 Å². The van der Waals surface area contributed by atoms with E-state index >= 15 is 0 Å². The first-order chi connectivity index (χ1) is 8.99. The molecule has 0 radical (unpaired) electrons. The van der Waals surface area contributed by atoms with E-state index in [1.165, 1.54) is 25.1 Å². The molecule has 0 amide bonds. The van der Waals surface area contributed by atoms with Crippen molar-refractivity contribution < 1.29 is 23.9 Å². The number of rotatable bonds is 5. The molecule has 0 atom stereocenters. The van der Waals surface area contributed by atoms with Crippen LogP contribution in [0.1, 0.15) is 34.6 Å². The molecule has 0 aliphatic rings. The summed E-state index contributed by atoms with van der Waals surface area (Å²) < 4.78 is 9.81. The Bertz CT molecular complexity index is 531. The summed E-state index contributed by atoms with van der Waals surface area (Å²) in [6, 6.07) is 4.11. The lowest BCUT2D eigenvalue weighted by Crippen LogP contribution is -2.11. The molecule has 0 aromatic heterocycles. The topological polar surface area (TPSA) is 69.7 Å². The number of aldehydes is 1. The number of carbonyl (C=O) groups is 3. The quantitative estimate of drug-likeness (QED) is 0.352. The molecule has 0 saturated carbocycles. The van der Waals surface area contributed by atoms with Gasteiger partial charge in [-0.25, -0.2) is 9.59 Å². The van der Waals surface area contributed by atoms with E-state index in [0.717, 1.165) is 0 Å². The monoisotopic (exact) mass is 262 g/mol. The zero-order valence-corrected chi connectivity index (χ0v) is 10.8. The van der Waals surface area contributed by atoms with E-state index in [0.29, 0.717) is 6.29 Å². The van der Waals surface area contributed by atoms with Crippen LogP contribution in [0.2, 0.25) is 0 Å². The van der Waals surface area contributed by atoms with Gasteiger partial charge < -0.3 is 9.47 Å². The van der Waals surface area contributed by atoms with Crippen LogP contribution in [0.4, 0.5) is 0 Å². The molecule has 0 aliphatic heterocycles. The van der Waals surface area contributed by atoms with E-state index in [-0.39, 0.29) is 29.1 Å². The second-order valence-corrected chi connectivity index (χ2v) is 3.76. The summed E-state index contributed by atoms with van der Waals surface area (Å²) in [4.78, 5) is 33.8. The lowest BCUT2D eigenvalue weighted by Gasteiger charge is -2.08. The van der Waals surface area contributed by atoms with Gasteiger partial charge in [0.15, 0.2) is 6.29 Å². The summed E-state index contributed by atoms with van der Waals surface area (Å²) in [5.41, 5.74) is 0.568. The van der Waals surface area contributed by atoms with Crippen LogP contribution in [0.3, 0.4) is 0 Å². The van der Waals surface area contributed by atoms with Gasteiger partial charge in [0, 0.05) is 5.57 Å². The van der Waals surface area contributed by atoms with Crippen LogP contribution in [0, 0.1) is 0 Å². The predicted molar refractivity (Wildman–Crippen MR) is 68.2 cm³/mol. The first-order valence-electron chi connectivity index (χ1n) is 5.63. The van der Waals surface area contributed by atoms with Crippen molar-refractivity contribution in [1.82, 2.24) is 0 Å². The molecular weight excluding hydrogens is 248 g/mol. The highest BCUT2D eigenvalue weighted by Gasteiger charge is 2.14. The van der Waals surface area contributed by atoms with Crippen LogP contribution in [-0.2, 0) is 9.53 Å². The number of carbonyl (C=O) groups excluding carboxylic acids is 3. The van der Waals surface area contributed by atoms with Crippen LogP contribution in [0.25, 0.3) is 0 Å². The second kappa shape index (κ2) is 6.49. The Labute approximate surface area is 110 Å². The standard InChI is InChI=1S/C14H14O5/c1-4-18-14(17)10-5-6-11(8-15)12(7-10)19-13(16)9(2)3/h5-8H,2,4H2,1,3H3. The summed E-state index contributed by atoms with van der Waals surface area (Å²) in [6.45, 7) is 6.83. The lowest BCUT2D eigenvalue weighted by atomic mass is 10.1. The summed E-state index contributed by atoms with van der Waals surface area (Å²) in [7, 11) is 0. The SMILES string of the molecule is C=C(C)C(=O)Oc1cc(C(=O)OCC)ccc1C=O. The Hall–Kier alpha value is -2.43. The average Bonchev–Trinajstić information content (AvgIpc) is 2.38. The molecule has 0 bridgehead atoms. The van der Waals surface area contributed by atoms with Gasteiger partial charge >= 0.3 is 11.9 Å². The highest BCUT2D eigenvalue weighted by molar-refractivity contribution is 5.94. The third-order valence-corrected chi connectivity index (χ3v) is 2.20. The first-order valence-corrected chi connectivity index (χ1v) is 5.63. The third kappa shape index (κ3) is 3.77. The fourth-order valence-electron chi connectivity index (χ4n) is 1.25. The average molecular weight is 262 g/mol. The normalized spacial score (nSPS) is 9.58. The number of esters is 2. The third-order valence-electron chi connectivity index (χ3n) is 2.20. The van der Waals surface area contributed by atoms with Gasteiger partial charge in [-0.2, -0.15) is 0 Å². The van der Waals surface area contributed by atoms with E-state index in [1.54, 1.807) is 6.92 Å². The zero-order chi connectivity index (χ0) is 14.4. The van der Waals surface area contributed by atoms with Crippen molar-refractivity contribution in [2.75, 3.05) is 6.61 Å². The van der Waals surface area contributed by atoms with Gasteiger partial charge in [0.1, 0.15) is 5.75 Å². The summed E-state index contributed by atoms with van der Waals surface area (Å²) in [5.74, 6) is -1.20. The van der Waals surface area contributed by atoms with Crippen LogP contribution in [0.15, 0.2) is 30.4 Å². The number of benzene rings is 1. The van der Waals surface area contributed by atoms with Crippen LogP contribution < -0.4 is 4.74 Å². The molecule has 19 heavy (non-hydrogen) atoms. The highest BCUT2D eigenvalue weighted by atomic mass is 16.5. The van der Waals surface area contributed by atoms with E-state index in [2.05, 4.69) is 6.58 Å². The fraction of sp³-hybridized carbons (Fsp3) is 0.214. The number of hydrogen-bond donors (Lipinski definition) is 0. The predicted octanol–water partition coefficient (Wildman–Crippen LogP) is 2.16. The highest BCUT2D eigenvalue weighted by Crippen LogP contribution is 2.20. The zero-order valence-electron chi connectivity index (χ0n) is 10.8. The van der Waals surface area contributed by atoms with Gasteiger partial charge in [0.25, 0.3) is 0 Å². The minimum absolute atomic E-state index is 0.00792. The molecule has 0 aliphatic carbocycles. The Kier molecular flexibility index (Phi) is 5.00. The van der Waals surface area contributed by atoms with Crippen molar-refractivity contribution >= 4 is 18.2 Å². The molecule has 1 aromatic rings. The molecular formula is C14H14O5. The second-order valence-electron chi connectivity index (χ2n) is 3.76. The number of hydrogen-bond acceptors (Lipinski definition) is 5. The van der Waals surface area contributed by atoms with Gasteiger partial charge in [-0.05, 0) is 32.0 Å².